The standard InChI is InChI=1S/C22H28O2S2/c1-22-10-9-16-15-8-6-14(24-2)11-13(15)5-7-17(16)19(22)12-18(20(22)23)21(25-3)26-4/h6,8,11,16-17,19H,5,7,9-10,12H2,1-4H3/t16-,17-,19+,22+/m1/s1. The van der Waals surface area contributed by atoms with Crippen LogP contribution in [-0.2, 0) is 11.2 Å². The summed E-state index contributed by atoms with van der Waals surface area (Å²) in [5, 5.41) is 0. The molecule has 0 saturated heterocycles. The molecule has 3 aliphatic rings. The van der Waals surface area contributed by atoms with Crippen molar-refractivity contribution in [3.63, 3.8) is 0 Å². The summed E-state index contributed by atoms with van der Waals surface area (Å²) in [6.07, 6.45) is 9.68. The average Bonchev–Trinajstić information content (AvgIpc) is 2.94. The highest BCUT2D eigenvalue weighted by molar-refractivity contribution is 8.21. The number of rotatable bonds is 3. The highest BCUT2D eigenvalue weighted by Gasteiger charge is 2.56. The molecule has 4 atom stereocenters. The molecule has 0 amide bonds. The maximum absolute atomic E-state index is 13.3. The van der Waals surface area contributed by atoms with Crippen LogP contribution in [0.3, 0.4) is 0 Å². The smallest absolute Gasteiger partial charge is 0.166 e. The summed E-state index contributed by atoms with van der Waals surface area (Å²) in [5.74, 6) is 3.17. The van der Waals surface area contributed by atoms with Crippen LogP contribution in [0.5, 0.6) is 5.75 Å². The summed E-state index contributed by atoms with van der Waals surface area (Å²) in [7, 11) is 1.74. The van der Waals surface area contributed by atoms with Gasteiger partial charge in [-0.25, -0.2) is 0 Å². The van der Waals surface area contributed by atoms with E-state index in [9.17, 15) is 4.79 Å². The van der Waals surface area contributed by atoms with Crippen molar-refractivity contribution in [2.45, 2.75) is 44.9 Å². The average molecular weight is 389 g/mol. The fourth-order valence-electron chi connectivity index (χ4n) is 5.83. The number of hydrogen-bond acceptors (Lipinski definition) is 4. The molecule has 0 spiro atoms. The Labute approximate surface area is 165 Å². The molecule has 4 heteroatoms. The maximum atomic E-state index is 13.3. The van der Waals surface area contributed by atoms with Gasteiger partial charge in [0.15, 0.2) is 5.78 Å². The van der Waals surface area contributed by atoms with Gasteiger partial charge in [0, 0.05) is 15.2 Å². The molecule has 26 heavy (non-hydrogen) atoms. The van der Waals surface area contributed by atoms with E-state index in [0.717, 1.165) is 37.0 Å². The zero-order valence-corrected chi connectivity index (χ0v) is 17.8. The third-order valence-corrected chi connectivity index (χ3v) is 9.39. The zero-order valence-electron chi connectivity index (χ0n) is 16.1. The molecule has 2 fully saturated rings. The van der Waals surface area contributed by atoms with Crippen LogP contribution < -0.4 is 4.74 Å². The highest BCUT2D eigenvalue weighted by atomic mass is 32.2. The van der Waals surface area contributed by atoms with Gasteiger partial charge in [0.1, 0.15) is 5.75 Å². The Morgan fingerprint density at radius 1 is 1.23 bits per heavy atom. The number of aryl methyl sites for hydroxylation is 1. The second-order valence-corrected chi connectivity index (χ2v) is 10.0. The first-order valence-corrected chi connectivity index (χ1v) is 12.0. The van der Waals surface area contributed by atoms with Gasteiger partial charge in [-0.3, -0.25) is 4.79 Å². The molecule has 0 unspecified atom stereocenters. The number of methoxy groups -OCH3 is 1. The van der Waals surface area contributed by atoms with Crippen LogP contribution in [0.1, 0.15) is 49.7 Å². The molecule has 0 aromatic heterocycles. The normalized spacial score (nSPS) is 32.7. The van der Waals surface area contributed by atoms with Gasteiger partial charge < -0.3 is 4.74 Å². The predicted octanol–water partition coefficient (Wildman–Crippen LogP) is 5.67. The van der Waals surface area contributed by atoms with Gasteiger partial charge >= 0.3 is 0 Å². The molecule has 0 radical (unpaired) electrons. The van der Waals surface area contributed by atoms with Gasteiger partial charge in [0.05, 0.1) is 7.11 Å². The Morgan fingerprint density at radius 3 is 2.69 bits per heavy atom. The van der Waals surface area contributed by atoms with Gasteiger partial charge in [-0.15, -0.1) is 23.5 Å². The first-order chi connectivity index (χ1) is 12.5. The van der Waals surface area contributed by atoms with Crippen molar-refractivity contribution in [3.05, 3.63) is 39.1 Å². The van der Waals surface area contributed by atoms with E-state index in [1.54, 1.807) is 30.6 Å². The summed E-state index contributed by atoms with van der Waals surface area (Å²) in [4.78, 5) is 13.3. The van der Waals surface area contributed by atoms with E-state index in [0.29, 0.717) is 23.5 Å². The minimum atomic E-state index is -0.142. The molecule has 0 aliphatic heterocycles. The van der Waals surface area contributed by atoms with E-state index in [1.165, 1.54) is 21.8 Å². The molecule has 2 nitrogen and oxygen atoms in total. The number of allylic oxidation sites excluding steroid dienone is 1. The minimum Gasteiger partial charge on any atom is -0.497 e. The van der Waals surface area contributed by atoms with Crippen LogP contribution in [0, 0.1) is 17.3 Å². The first-order valence-electron chi connectivity index (χ1n) is 9.56. The molecule has 0 N–H and O–H groups in total. The van der Waals surface area contributed by atoms with Crippen LogP contribution in [0.4, 0.5) is 0 Å². The van der Waals surface area contributed by atoms with Crippen molar-refractivity contribution in [1.82, 2.24) is 0 Å². The Bertz CT molecular complexity index is 763. The molecule has 3 aliphatic carbocycles. The number of carbonyl (C=O) groups is 1. The van der Waals surface area contributed by atoms with Gasteiger partial charge in [0.2, 0.25) is 0 Å². The lowest BCUT2D eigenvalue weighted by Crippen LogP contribution is -2.42. The number of carbonyl (C=O) groups excluding carboxylic acids is 1. The summed E-state index contributed by atoms with van der Waals surface area (Å²) in [6.45, 7) is 2.25. The van der Waals surface area contributed by atoms with Crippen LogP contribution in [0.15, 0.2) is 28.0 Å². The van der Waals surface area contributed by atoms with E-state index in [-0.39, 0.29) is 5.41 Å². The van der Waals surface area contributed by atoms with Crippen molar-refractivity contribution >= 4 is 29.3 Å². The van der Waals surface area contributed by atoms with Crippen LogP contribution >= 0.6 is 23.5 Å². The van der Waals surface area contributed by atoms with Crippen molar-refractivity contribution < 1.29 is 9.53 Å². The molecule has 1 aromatic rings. The van der Waals surface area contributed by atoms with Crippen molar-refractivity contribution in [3.8, 4) is 5.75 Å². The van der Waals surface area contributed by atoms with Crippen molar-refractivity contribution in [2.24, 2.45) is 17.3 Å². The number of fused-ring (bicyclic) bond motifs is 5. The third-order valence-electron chi connectivity index (χ3n) is 7.16. The number of ketones is 1. The zero-order chi connectivity index (χ0) is 18.5. The van der Waals surface area contributed by atoms with Gasteiger partial charge in [-0.1, -0.05) is 13.0 Å². The monoisotopic (exact) mass is 388 g/mol. The molecule has 0 heterocycles. The molecule has 4 rings (SSSR count). The number of benzene rings is 1. The van der Waals surface area contributed by atoms with Crippen LogP contribution in [0.2, 0.25) is 0 Å². The highest BCUT2D eigenvalue weighted by Crippen LogP contribution is 2.61. The number of Topliss-reactive ketones (excluding diaryl/α,β-unsaturated/α-hetero) is 1. The number of thioether (sulfide) groups is 2. The first kappa shape index (κ1) is 18.5. The third kappa shape index (κ3) is 2.67. The minimum absolute atomic E-state index is 0.142. The van der Waals surface area contributed by atoms with Crippen LogP contribution in [0.25, 0.3) is 0 Å². The summed E-state index contributed by atoms with van der Waals surface area (Å²) in [5.41, 5.74) is 3.96. The lowest BCUT2D eigenvalue weighted by Gasteiger charge is -2.48. The van der Waals surface area contributed by atoms with Gasteiger partial charge in [0.25, 0.3) is 0 Å². The Balaban J connectivity index is 1.70. The maximum Gasteiger partial charge on any atom is 0.166 e. The molecular weight excluding hydrogens is 360 g/mol. The molecule has 1 aromatic carbocycles. The summed E-state index contributed by atoms with van der Waals surface area (Å²) in [6, 6.07) is 6.63. The van der Waals surface area contributed by atoms with Crippen molar-refractivity contribution in [1.29, 1.82) is 0 Å². The lowest BCUT2D eigenvalue weighted by molar-refractivity contribution is -0.127. The van der Waals surface area contributed by atoms with E-state index in [4.69, 9.17) is 4.74 Å². The Kier molecular flexibility index (Phi) is 4.94. The van der Waals surface area contributed by atoms with E-state index >= 15 is 0 Å². The predicted molar refractivity (Wildman–Crippen MR) is 112 cm³/mol. The number of hydrogen-bond donors (Lipinski definition) is 0. The molecule has 0 bridgehead atoms. The second-order valence-electron chi connectivity index (χ2n) is 8.14. The lowest BCUT2D eigenvalue weighted by atomic mass is 9.55. The van der Waals surface area contributed by atoms with Crippen molar-refractivity contribution in [2.75, 3.05) is 19.6 Å². The fraction of sp³-hybridized carbons (Fsp3) is 0.591. The largest absolute Gasteiger partial charge is 0.497 e. The second kappa shape index (κ2) is 6.94. The van der Waals surface area contributed by atoms with Crippen LogP contribution in [-0.4, -0.2) is 25.4 Å². The Hall–Kier alpha value is -0.870. The van der Waals surface area contributed by atoms with Gasteiger partial charge in [-0.2, -0.15) is 0 Å². The Morgan fingerprint density at radius 2 is 2.00 bits per heavy atom. The van der Waals surface area contributed by atoms with Gasteiger partial charge in [-0.05, 0) is 85.6 Å². The number of ether oxygens (including phenoxy) is 1. The quantitative estimate of drug-likeness (QED) is 0.623. The SMILES string of the molecule is COc1ccc2c(c1)CC[C@@H]1[C@@H]2CC[C@]2(C)C(=O)C(=C(SC)SC)C[C@@H]12. The van der Waals surface area contributed by atoms with E-state index in [1.807, 2.05) is 0 Å². The molecule has 140 valence electrons. The van der Waals surface area contributed by atoms with E-state index in [2.05, 4.69) is 37.6 Å². The fourth-order valence-corrected chi connectivity index (χ4v) is 7.34. The summed E-state index contributed by atoms with van der Waals surface area (Å²) >= 11 is 3.49. The summed E-state index contributed by atoms with van der Waals surface area (Å²) < 4.78 is 6.66. The van der Waals surface area contributed by atoms with E-state index < -0.39 is 0 Å². The molecular formula is C22H28O2S2. The topological polar surface area (TPSA) is 26.3 Å². The molecule has 2 saturated carbocycles.